The Morgan fingerprint density at radius 1 is 1.31 bits per heavy atom. The Bertz CT molecular complexity index is 438. The van der Waals surface area contributed by atoms with Crippen molar-refractivity contribution in [1.82, 2.24) is 0 Å². The lowest BCUT2D eigenvalue weighted by Crippen LogP contribution is -2.22. The molecule has 0 aliphatic carbocycles. The minimum atomic E-state index is -4.34. The molecule has 0 saturated heterocycles. The van der Waals surface area contributed by atoms with Crippen LogP contribution in [0.25, 0.3) is 0 Å². The summed E-state index contributed by atoms with van der Waals surface area (Å²) in [6.07, 6.45) is -4.34. The van der Waals surface area contributed by atoms with Crippen LogP contribution in [0.1, 0.15) is 25.0 Å². The zero-order chi connectivity index (χ0) is 12.1. The molecule has 1 aliphatic rings. The summed E-state index contributed by atoms with van der Waals surface area (Å²) >= 11 is 5.89. The molecular weight excluding hydrogens is 239 g/mol. The van der Waals surface area contributed by atoms with E-state index in [9.17, 15) is 13.2 Å². The first-order valence-corrected chi connectivity index (χ1v) is 5.25. The maximum atomic E-state index is 12.8. The zero-order valence-electron chi connectivity index (χ0n) is 8.87. The van der Waals surface area contributed by atoms with Crippen molar-refractivity contribution in [2.75, 3.05) is 11.9 Å². The molecular formula is C11H11ClF3N. The molecule has 0 amide bonds. The van der Waals surface area contributed by atoms with Gasteiger partial charge in [0.2, 0.25) is 0 Å². The number of fused-ring (bicyclic) bond motifs is 1. The highest BCUT2D eigenvalue weighted by atomic mass is 35.5. The summed E-state index contributed by atoms with van der Waals surface area (Å²) in [5.74, 6) is 0. The van der Waals surface area contributed by atoms with Crippen molar-refractivity contribution < 1.29 is 13.2 Å². The van der Waals surface area contributed by atoms with Gasteiger partial charge < -0.3 is 5.32 Å². The van der Waals surface area contributed by atoms with Gasteiger partial charge in [-0.25, -0.2) is 0 Å². The number of alkyl halides is 3. The quantitative estimate of drug-likeness (QED) is 0.731. The summed E-state index contributed by atoms with van der Waals surface area (Å²) in [6, 6.07) is 2.34. The lowest BCUT2D eigenvalue weighted by molar-refractivity contribution is -0.138. The molecule has 0 atom stereocenters. The molecule has 0 radical (unpaired) electrons. The summed E-state index contributed by atoms with van der Waals surface area (Å²) in [6.45, 7) is 4.02. The monoisotopic (exact) mass is 249 g/mol. The predicted molar refractivity (Wildman–Crippen MR) is 58.0 cm³/mol. The number of hydrogen-bond acceptors (Lipinski definition) is 1. The van der Waals surface area contributed by atoms with Crippen LogP contribution in [0.2, 0.25) is 5.02 Å². The Morgan fingerprint density at radius 2 is 1.94 bits per heavy atom. The molecule has 1 N–H and O–H groups in total. The SMILES string of the molecule is CC1(C)CNc2c(Cl)ccc(C(F)(F)F)c21. The van der Waals surface area contributed by atoms with E-state index in [4.69, 9.17) is 11.6 Å². The summed E-state index contributed by atoms with van der Waals surface area (Å²) in [7, 11) is 0. The van der Waals surface area contributed by atoms with Crippen molar-refractivity contribution >= 4 is 17.3 Å². The number of halogens is 4. The molecule has 1 aromatic rings. The molecule has 0 unspecified atom stereocenters. The summed E-state index contributed by atoms with van der Waals surface area (Å²) in [5.41, 5.74) is -0.457. The molecule has 1 nitrogen and oxygen atoms in total. The maximum Gasteiger partial charge on any atom is 0.416 e. The smallest absolute Gasteiger partial charge is 0.383 e. The molecule has 5 heteroatoms. The highest BCUT2D eigenvalue weighted by molar-refractivity contribution is 6.33. The second-order valence-corrected chi connectivity index (χ2v) is 4.99. The largest absolute Gasteiger partial charge is 0.416 e. The Balaban J connectivity index is 2.72. The molecule has 2 rings (SSSR count). The average molecular weight is 250 g/mol. The molecule has 0 bridgehead atoms. The van der Waals surface area contributed by atoms with Crippen molar-refractivity contribution in [2.45, 2.75) is 25.4 Å². The third-order valence-corrected chi connectivity index (χ3v) is 3.16. The fourth-order valence-electron chi connectivity index (χ4n) is 2.09. The van der Waals surface area contributed by atoms with Gasteiger partial charge in [-0.3, -0.25) is 0 Å². The van der Waals surface area contributed by atoms with Crippen LogP contribution in [-0.4, -0.2) is 6.54 Å². The van der Waals surface area contributed by atoms with E-state index in [1.54, 1.807) is 13.8 Å². The van der Waals surface area contributed by atoms with Crippen LogP contribution in [0.4, 0.5) is 18.9 Å². The third-order valence-electron chi connectivity index (χ3n) is 2.84. The van der Waals surface area contributed by atoms with Crippen LogP contribution < -0.4 is 5.32 Å². The second-order valence-electron chi connectivity index (χ2n) is 4.58. The Labute approximate surface area is 96.6 Å². The molecule has 88 valence electrons. The van der Waals surface area contributed by atoms with Crippen LogP contribution >= 0.6 is 11.6 Å². The number of rotatable bonds is 0. The number of anilines is 1. The normalized spacial score (nSPS) is 18.1. The van der Waals surface area contributed by atoms with Gasteiger partial charge in [0.25, 0.3) is 0 Å². The van der Waals surface area contributed by atoms with Gasteiger partial charge in [-0.1, -0.05) is 25.4 Å². The molecule has 0 spiro atoms. The van der Waals surface area contributed by atoms with E-state index in [1.165, 1.54) is 6.07 Å². The van der Waals surface area contributed by atoms with Crippen LogP contribution in [0, 0.1) is 0 Å². The molecule has 0 fully saturated rings. The summed E-state index contributed by atoms with van der Waals surface area (Å²) in [5, 5.41) is 3.28. The molecule has 0 saturated carbocycles. The third kappa shape index (κ3) is 1.65. The fourth-order valence-corrected chi connectivity index (χ4v) is 2.31. The minimum Gasteiger partial charge on any atom is -0.383 e. The van der Waals surface area contributed by atoms with E-state index in [2.05, 4.69) is 5.32 Å². The van der Waals surface area contributed by atoms with E-state index >= 15 is 0 Å². The van der Waals surface area contributed by atoms with Crippen molar-refractivity contribution in [1.29, 1.82) is 0 Å². The molecule has 0 aromatic heterocycles. The van der Waals surface area contributed by atoms with E-state index < -0.39 is 17.2 Å². The first-order chi connectivity index (χ1) is 7.23. The van der Waals surface area contributed by atoms with Gasteiger partial charge in [-0.15, -0.1) is 0 Å². The summed E-state index contributed by atoms with van der Waals surface area (Å²) in [4.78, 5) is 0. The van der Waals surface area contributed by atoms with Gasteiger partial charge in [0.1, 0.15) is 0 Å². The van der Waals surface area contributed by atoms with Crippen molar-refractivity contribution in [3.63, 3.8) is 0 Å². The Kier molecular flexibility index (Phi) is 2.38. The van der Waals surface area contributed by atoms with Crippen LogP contribution in [0.3, 0.4) is 0 Å². The van der Waals surface area contributed by atoms with E-state index in [-0.39, 0.29) is 5.56 Å². The van der Waals surface area contributed by atoms with E-state index in [0.717, 1.165) is 6.07 Å². The number of nitrogens with one attached hydrogen (secondary N) is 1. The van der Waals surface area contributed by atoms with Gasteiger partial charge in [0, 0.05) is 12.0 Å². The predicted octanol–water partition coefficient (Wildman–Crippen LogP) is 4.06. The zero-order valence-corrected chi connectivity index (χ0v) is 9.63. The van der Waals surface area contributed by atoms with Gasteiger partial charge >= 0.3 is 6.18 Å². The first kappa shape index (κ1) is 11.6. The highest BCUT2D eigenvalue weighted by Gasteiger charge is 2.42. The van der Waals surface area contributed by atoms with Gasteiger partial charge in [-0.05, 0) is 17.7 Å². The van der Waals surface area contributed by atoms with Crippen molar-refractivity contribution in [2.24, 2.45) is 0 Å². The van der Waals surface area contributed by atoms with Crippen LogP contribution in [-0.2, 0) is 11.6 Å². The Morgan fingerprint density at radius 3 is 2.50 bits per heavy atom. The molecule has 1 heterocycles. The van der Waals surface area contributed by atoms with Gasteiger partial charge in [-0.2, -0.15) is 13.2 Å². The van der Waals surface area contributed by atoms with Gasteiger partial charge in [0.15, 0.2) is 0 Å². The Hall–Kier alpha value is -0.900. The highest BCUT2D eigenvalue weighted by Crippen LogP contribution is 2.47. The average Bonchev–Trinajstić information content (AvgIpc) is 2.42. The van der Waals surface area contributed by atoms with Crippen LogP contribution in [0.15, 0.2) is 12.1 Å². The molecule has 1 aliphatic heterocycles. The van der Waals surface area contributed by atoms with Crippen molar-refractivity contribution in [3.05, 3.63) is 28.3 Å². The standard InChI is InChI=1S/C11H11ClF3N/c1-10(2)5-16-9-7(12)4-3-6(8(9)10)11(13,14)15/h3-4,16H,5H2,1-2H3. The van der Waals surface area contributed by atoms with Gasteiger partial charge in [0.05, 0.1) is 16.3 Å². The number of hydrogen-bond donors (Lipinski definition) is 1. The maximum absolute atomic E-state index is 12.8. The fraction of sp³-hybridized carbons (Fsp3) is 0.455. The van der Waals surface area contributed by atoms with Crippen molar-refractivity contribution in [3.8, 4) is 0 Å². The first-order valence-electron chi connectivity index (χ1n) is 4.87. The lowest BCUT2D eigenvalue weighted by atomic mass is 9.83. The topological polar surface area (TPSA) is 12.0 Å². The van der Waals surface area contributed by atoms with Crippen LogP contribution in [0.5, 0.6) is 0 Å². The summed E-state index contributed by atoms with van der Waals surface area (Å²) < 4.78 is 38.5. The second kappa shape index (κ2) is 3.29. The number of benzene rings is 1. The molecule has 16 heavy (non-hydrogen) atoms. The van der Waals surface area contributed by atoms with E-state index in [0.29, 0.717) is 17.3 Å². The molecule has 1 aromatic carbocycles. The lowest BCUT2D eigenvalue weighted by Gasteiger charge is -2.22. The minimum absolute atomic E-state index is 0.271. The van der Waals surface area contributed by atoms with E-state index in [1.807, 2.05) is 0 Å².